The van der Waals surface area contributed by atoms with Crippen LogP contribution in [0.2, 0.25) is 0 Å². The summed E-state index contributed by atoms with van der Waals surface area (Å²) in [5.74, 6) is 0.270. The van der Waals surface area contributed by atoms with E-state index >= 15 is 0 Å². The molecule has 0 spiro atoms. The number of aromatic nitrogens is 2. The van der Waals surface area contributed by atoms with Crippen molar-refractivity contribution in [3.8, 4) is 5.75 Å². The lowest BCUT2D eigenvalue weighted by Crippen LogP contribution is -2.28. The van der Waals surface area contributed by atoms with Crippen molar-refractivity contribution < 1.29 is 19.4 Å². The second-order valence-corrected chi connectivity index (χ2v) is 7.83. The van der Waals surface area contributed by atoms with Crippen LogP contribution in [0.5, 0.6) is 5.75 Å². The van der Waals surface area contributed by atoms with Crippen LogP contribution in [0.3, 0.4) is 0 Å². The standard InChI is InChI=1S/C16H18N4O4S2/c1-24-12-5-3-2-4-11(12)20-9-10(8-13(20)22)14(23)17-15-18-19-16(26-15)25-7-6-21/h2-5,10,21H,6-9H2,1H3,(H,17,18,23)/t10-/m0/s1. The van der Waals surface area contributed by atoms with Crippen LogP contribution >= 0.6 is 23.1 Å². The van der Waals surface area contributed by atoms with Gasteiger partial charge >= 0.3 is 0 Å². The summed E-state index contributed by atoms with van der Waals surface area (Å²) >= 11 is 2.61. The number of carbonyl (C=O) groups excluding carboxylic acids is 2. The molecule has 2 heterocycles. The highest BCUT2D eigenvalue weighted by molar-refractivity contribution is 8.01. The summed E-state index contributed by atoms with van der Waals surface area (Å²) in [6.45, 7) is 0.338. The number of ether oxygens (including phenoxy) is 1. The molecule has 0 bridgehead atoms. The van der Waals surface area contributed by atoms with Gasteiger partial charge in [-0.1, -0.05) is 35.2 Å². The molecule has 2 aromatic rings. The fraction of sp³-hybridized carbons (Fsp3) is 0.375. The molecule has 1 aliphatic rings. The first-order valence-corrected chi connectivity index (χ1v) is 9.74. The van der Waals surface area contributed by atoms with Crippen LogP contribution in [0.25, 0.3) is 0 Å². The smallest absolute Gasteiger partial charge is 0.231 e. The molecule has 0 radical (unpaired) electrons. The third-order valence-electron chi connectivity index (χ3n) is 3.83. The van der Waals surface area contributed by atoms with Crippen LogP contribution < -0.4 is 15.0 Å². The van der Waals surface area contributed by atoms with E-state index in [9.17, 15) is 9.59 Å². The van der Waals surface area contributed by atoms with E-state index in [0.29, 0.717) is 26.7 Å². The van der Waals surface area contributed by atoms with Crippen LogP contribution in [-0.4, -0.2) is 53.1 Å². The Morgan fingerprint density at radius 3 is 3.04 bits per heavy atom. The third-order valence-corrected chi connectivity index (χ3v) is 5.78. The van der Waals surface area contributed by atoms with Crippen molar-refractivity contribution in [3.05, 3.63) is 24.3 Å². The number of hydrogen-bond acceptors (Lipinski definition) is 8. The van der Waals surface area contributed by atoms with Crippen molar-refractivity contribution in [2.24, 2.45) is 5.92 Å². The van der Waals surface area contributed by atoms with E-state index in [1.807, 2.05) is 12.1 Å². The topological polar surface area (TPSA) is 105 Å². The summed E-state index contributed by atoms with van der Waals surface area (Å²) in [4.78, 5) is 26.4. The monoisotopic (exact) mass is 394 g/mol. The first-order chi connectivity index (χ1) is 12.6. The summed E-state index contributed by atoms with van der Waals surface area (Å²) in [6.07, 6.45) is 0.134. The van der Waals surface area contributed by atoms with E-state index in [-0.39, 0.29) is 31.4 Å². The second-order valence-electron chi connectivity index (χ2n) is 5.51. The van der Waals surface area contributed by atoms with Crippen LogP contribution in [0.15, 0.2) is 28.6 Å². The van der Waals surface area contributed by atoms with E-state index in [4.69, 9.17) is 9.84 Å². The van der Waals surface area contributed by atoms with Crippen molar-refractivity contribution in [2.45, 2.75) is 10.8 Å². The quantitative estimate of drug-likeness (QED) is 0.543. The summed E-state index contributed by atoms with van der Waals surface area (Å²) in [7, 11) is 1.55. The van der Waals surface area contributed by atoms with Crippen LogP contribution in [-0.2, 0) is 9.59 Å². The van der Waals surface area contributed by atoms with Gasteiger partial charge in [0, 0.05) is 18.7 Å². The lowest BCUT2D eigenvalue weighted by atomic mass is 10.1. The van der Waals surface area contributed by atoms with E-state index in [1.165, 1.54) is 23.1 Å². The molecule has 1 aromatic heterocycles. The predicted molar refractivity (Wildman–Crippen MR) is 99.8 cm³/mol. The molecule has 0 unspecified atom stereocenters. The van der Waals surface area contributed by atoms with Crippen LogP contribution in [0.4, 0.5) is 10.8 Å². The van der Waals surface area contributed by atoms with Gasteiger partial charge in [-0.05, 0) is 12.1 Å². The summed E-state index contributed by atoms with van der Waals surface area (Å²) in [6, 6.07) is 7.23. The van der Waals surface area contributed by atoms with Crippen LogP contribution in [0.1, 0.15) is 6.42 Å². The first kappa shape index (κ1) is 18.6. The van der Waals surface area contributed by atoms with Gasteiger partial charge in [-0.25, -0.2) is 0 Å². The fourth-order valence-electron chi connectivity index (χ4n) is 2.63. The van der Waals surface area contributed by atoms with Crippen molar-refractivity contribution in [3.63, 3.8) is 0 Å². The third kappa shape index (κ3) is 4.14. The summed E-state index contributed by atoms with van der Waals surface area (Å²) in [5, 5.41) is 19.8. The number of para-hydroxylation sites is 2. The molecule has 8 nitrogen and oxygen atoms in total. The Morgan fingerprint density at radius 2 is 2.27 bits per heavy atom. The number of carbonyl (C=O) groups is 2. The van der Waals surface area contributed by atoms with Crippen molar-refractivity contribution in [1.29, 1.82) is 0 Å². The Morgan fingerprint density at radius 1 is 1.46 bits per heavy atom. The van der Waals surface area contributed by atoms with Gasteiger partial charge in [0.05, 0.1) is 25.3 Å². The zero-order valence-corrected chi connectivity index (χ0v) is 15.7. The zero-order chi connectivity index (χ0) is 18.5. The SMILES string of the molecule is COc1ccccc1N1C[C@@H](C(=O)Nc2nnc(SCCO)s2)CC1=O. The van der Waals surface area contributed by atoms with Gasteiger partial charge < -0.3 is 20.1 Å². The van der Waals surface area contributed by atoms with Crippen LogP contribution in [0, 0.1) is 5.92 Å². The molecule has 1 aromatic carbocycles. The molecule has 1 atom stereocenters. The van der Waals surface area contributed by atoms with Gasteiger partial charge in [0.1, 0.15) is 5.75 Å². The Bertz CT molecular complexity index is 798. The number of aliphatic hydroxyl groups is 1. The molecule has 1 saturated heterocycles. The Hall–Kier alpha value is -2.17. The summed E-state index contributed by atoms with van der Waals surface area (Å²) in [5.41, 5.74) is 0.661. The number of methoxy groups -OCH3 is 1. The molecule has 2 N–H and O–H groups in total. The lowest BCUT2D eigenvalue weighted by molar-refractivity contribution is -0.122. The molecular weight excluding hydrogens is 376 g/mol. The normalized spacial score (nSPS) is 16.8. The number of nitrogens with zero attached hydrogens (tertiary/aromatic N) is 3. The molecule has 1 fully saturated rings. The summed E-state index contributed by atoms with van der Waals surface area (Å²) < 4.78 is 5.97. The number of nitrogens with one attached hydrogen (secondary N) is 1. The lowest BCUT2D eigenvalue weighted by Gasteiger charge is -2.19. The average Bonchev–Trinajstić information content (AvgIpc) is 3.26. The minimum atomic E-state index is -0.468. The molecule has 0 aliphatic carbocycles. The number of aliphatic hydroxyl groups excluding tert-OH is 1. The molecule has 138 valence electrons. The molecule has 0 saturated carbocycles. The minimum Gasteiger partial charge on any atom is -0.495 e. The van der Waals surface area contributed by atoms with Gasteiger partial charge in [-0.3, -0.25) is 9.59 Å². The zero-order valence-electron chi connectivity index (χ0n) is 14.0. The second kappa shape index (κ2) is 8.47. The number of hydrogen-bond donors (Lipinski definition) is 2. The molecule has 1 aliphatic heterocycles. The highest BCUT2D eigenvalue weighted by atomic mass is 32.2. The van der Waals surface area contributed by atoms with E-state index < -0.39 is 5.92 Å². The molecular formula is C16H18N4O4S2. The number of anilines is 2. The van der Waals surface area contributed by atoms with Gasteiger partial charge in [0.2, 0.25) is 16.9 Å². The van der Waals surface area contributed by atoms with Gasteiger partial charge in [0.25, 0.3) is 0 Å². The highest BCUT2D eigenvalue weighted by Crippen LogP contribution is 2.33. The Balaban J connectivity index is 1.64. The van der Waals surface area contributed by atoms with Crippen molar-refractivity contribution in [2.75, 3.05) is 36.2 Å². The number of amides is 2. The highest BCUT2D eigenvalue weighted by Gasteiger charge is 2.36. The van der Waals surface area contributed by atoms with Gasteiger partial charge in [-0.15, -0.1) is 10.2 Å². The van der Waals surface area contributed by atoms with Crippen molar-refractivity contribution >= 4 is 45.7 Å². The minimum absolute atomic E-state index is 0.0505. The average molecular weight is 394 g/mol. The first-order valence-electron chi connectivity index (χ1n) is 7.93. The maximum Gasteiger partial charge on any atom is 0.231 e. The largest absolute Gasteiger partial charge is 0.495 e. The molecule has 26 heavy (non-hydrogen) atoms. The van der Waals surface area contributed by atoms with Gasteiger partial charge in [-0.2, -0.15) is 0 Å². The molecule has 2 amide bonds. The maximum absolute atomic E-state index is 12.5. The maximum atomic E-state index is 12.5. The fourth-order valence-corrected chi connectivity index (χ4v) is 4.20. The number of thioether (sulfide) groups is 1. The van der Waals surface area contributed by atoms with E-state index in [1.54, 1.807) is 24.1 Å². The van der Waals surface area contributed by atoms with E-state index in [2.05, 4.69) is 15.5 Å². The number of rotatable bonds is 7. The Labute approximate surface area is 158 Å². The predicted octanol–water partition coefficient (Wildman–Crippen LogP) is 1.62. The van der Waals surface area contributed by atoms with Gasteiger partial charge in [0.15, 0.2) is 4.34 Å². The van der Waals surface area contributed by atoms with Crippen molar-refractivity contribution in [1.82, 2.24) is 10.2 Å². The van der Waals surface area contributed by atoms with E-state index in [0.717, 1.165) is 0 Å². The number of benzene rings is 1. The molecule has 10 heteroatoms. The molecule has 3 rings (SSSR count). The Kier molecular flexibility index (Phi) is 6.07.